The van der Waals surface area contributed by atoms with E-state index in [1.807, 2.05) is 13.8 Å². The molecule has 1 N–H and O–H groups in total. The first-order chi connectivity index (χ1) is 6.47. The highest BCUT2D eigenvalue weighted by molar-refractivity contribution is 5.68. The van der Waals surface area contributed by atoms with Crippen LogP contribution in [0.5, 0.6) is 0 Å². The summed E-state index contributed by atoms with van der Waals surface area (Å²) in [4.78, 5) is 13.2. The van der Waals surface area contributed by atoms with Crippen LogP contribution in [0, 0.1) is 0 Å². The van der Waals surface area contributed by atoms with Gasteiger partial charge in [-0.05, 0) is 33.6 Å². The molecule has 4 nitrogen and oxygen atoms in total. The summed E-state index contributed by atoms with van der Waals surface area (Å²) in [5, 5.41) is 9.50. The molecule has 1 saturated heterocycles. The molecule has 1 amide bonds. The maximum Gasteiger partial charge on any atom is 0.410 e. The van der Waals surface area contributed by atoms with Crippen LogP contribution in [-0.2, 0) is 4.74 Å². The molecule has 1 heterocycles. The van der Waals surface area contributed by atoms with E-state index in [0.717, 1.165) is 0 Å². The Kier molecular flexibility index (Phi) is 3.37. The molecule has 1 aliphatic heterocycles. The number of carbonyl (C=O) groups is 1. The van der Waals surface area contributed by atoms with Crippen LogP contribution in [0.4, 0.5) is 4.79 Å². The Morgan fingerprint density at radius 2 is 2.29 bits per heavy atom. The zero-order valence-electron chi connectivity index (χ0n) is 9.12. The van der Waals surface area contributed by atoms with Crippen molar-refractivity contribution >= 4 is 6.09 Å². The SMILES string of the molecule is CCOC(=O)N1CCC(O)CC1(C)C. The molecule has 0 aromatic carbocycles. The summed E-state index contributed by atoms with van der Waals surface area (Å²) in [5.41, 5.74) is -0.302. The molecule has 1 fully saturated rings. The maximum absolute atomic E-state index is 11.5. The number of hydrogen-bond acceptors (Lipinski definition) is 3. The van der Waals surface area contributed by atoms with Crippen LogP contribution >= 0.6 is 0 Å². The Bertz CT molecular complexity index is 215. The third-order valence-electron chi connectivity index (χ3n) is 2.64. The van der Waals surface area contributed by atoms with Crippen molar-refractivity contribution in [3.63, 3.8) is 0 Å². The highest BCUT2D eigenvalue weighted by Gasteiger charge is 2.37. The topological polar surface area (TPSA) is 49.8 Å². The van der Waals surface area contributed by atoms with Crippen LogP contribution in [0.25, 0.3) is 0 Å². The number of aliphatic hydroxyl groups excluding tert-OH is 1. The summed E-state index contributed by atoms with van der Waals surface area (Å²) >= 11 is 0. The van der Waals surface area contributed by atoms with E-state index in [2.05, 4.69) is 0 Å². The van der Waals surface area contributed by atoms with E-state index in [-0.39, 0.29) is 17.7 Å². The fourth-order valence-electron chi connectivity index (χ4n) is 1.91. The fraction of sp³-hybridized carbons (Fsp3) is 0.900. The van der Waals surface area contributed by atoms with Crippen molar-refractivity contribution in [2.24, 2.45) is 0 Å². The van der Waals surface area contributed by atoms with Gasteiger partial charge in [-0.25, -0.2) is 4.79 Å². The summed E-state index contributed by atoms with van der Waals surface area (Å²) in [7, 11) is 0. The molecule has 0 bridgehead atoms. The van der Waals surface area contributed by atoms with Crippen molar-refractivity contribution in [1.82, 2.24) is 4.90 Å². The number of likely N-dealkylation sites (tertiary alicyclic amines) is 1. The third kappa shape index (κ3) is 2.38. The monoisotopic (exact) mass is 201 g/mol. The van der Waals surface area contributed by atoms with Gasteiger partial charge in [-0.3, -0.25) is 0 Å². The highest BCUT2D eigenvalue weighted by atomic mass is 16.6. The van der Waals surface area contributed by atoms with E-state index >= 15 is 0 Å². The standard InChI is InChI=1S/C10H19NO3/c1-4-14-9(13)11-6-5-8(12)7-10(11,2)3/h8,12H,4-7H2,1-3H3. The van der Waals surface area contributed by atoms with Gasteiger partial charge in [-0.2, -0.15) is 0 Å². The number of hydrogen-bond donors (Lipinski definition) is 1. The van der Waals surface area contributed by atoms with Gasteiger partial charge in [0.15, 0.2) is 0 Å². The normalized spacial score (nSPS) is 26.0. The summed E-state index contributed by atoms with van der Waals surface area (Å²) in [5.74, 6) is 0. The number of carbonyl (C=O) groups excluding carboxylic acids is 1. The molecule has 82 valence electrons. The van der Waals surface area contributed by atoms with Gasteiger partial charge in [-0.1, -0.05) is 0 Å². The molecule has 0 saturated carbocycles. The first-order valence-corrected chi connectivity index (χ1v) is 5.10. The molecule has 1 atom stereocenters. The minimum atomic E-state index is -0.302. The number of piperidine rings is 1. The first kappa shape index (κ1) is 11.3. The number of aliphatic hydroxyl groups is 1. The molecule has 0 aromatic rings. The number of nitrogens with zero attached hydrogens (tertiary/aromatic N) is 1. The maximum atomic E-state index is 11.5. The minimum Gasteiger partial charge on any atom is -0.450 e. The van der Waals surface area contributed by atoms with Gasteiger partial charge < -0.3 is 14.7 Å². The molecule has 1 rings (SSSR count). The molecular formula is C10H19NO3. The second-order valence-electron chi connectivity index (χ2n) is 4.31. The van der Waals surface area contributed by atoms with Crippen molar-refractivity contribution in [3.8, 4) is 0 Å². The number of rotatable bonds is 1. The van der Waals surface area contributed by atoms with Crippen molar-refractivity contribution in [2.45, 2.75) is 45.3 Å². The molecule has 0 aliphatic carbocycles. The molecule has 1 aliphatic rings. The van der Waals surface area contributed by atoms with Crippen LogP contribution in [0.3, 0.4) is 0 Å². The van der Waals surface area contributed by atoms with Gasteiger partial charge in [0.2, 0.25) is 0 Å². The molecule has 14 heavy (non-hydrogen) atoms. The molecule has 4 heteroatoms. The molecule has 0 radical (unpaired) electrons. The van der Waals surface area contributed by atoms with Gasteiger partial charge in [0, 0.05) is 12.1 Å². The number of amides is 1. The van der Waals surface area contributed by atoms with Gasteiger partial charge >= 0.3 is 6.09 Å². The lowest BCUT2D eigenvalue weighted by atomic mass is 9.89. The van der Waals surface area contributed by atoms with E-state index in [9.17, 15) is 9.90 Å². The van der Waals surface area contributed by atoms with Crippen molar-refractivity contribution in [3.05, 3.63) is 0 Å². The third-order valence-corrected chi connectivity index (χ3v) is 2.64. The van der Waals surface area contributed by atoms with Gasteiger partial charge in [0.05, 0.1) is 12.7 Å². The summed E-state index contributed by atoms with van der Waals surface area (Å²) in [6, 6.07) is 0. The predicted molar refractivity (Wildman–Crippen MR) is 53.0 cm³/mol. The lowest BCUT2D eigenvalue weighted by Gasteiger charge is -2.43. The van der Waals surface area contributed by atoms with E-state index in [1.54, 1.807) is 11.8 Å². The zero-order valence-corrected chi connectivity index (χ0v) is 9.12. The predicted octanol–water partition coefficient (Wildman–Crippen LogP) is 1.38. The Hall–Kier alpha value is -0.770. The van der Waals surface area contributed by atoms with Crippen molar-refractivity contribution < 1.29 is 14.6 Å². The lowest BCUT2D eigenvalue weighted by Crippen LogP contribution is -2.54. The van der Waals surface area contributed by atoms with Crippen LogP contribution in [0.2, 0.25) is 0 Å². The molecule has 0 aromatic heterocycles. The van der Waals surface area contributed by atoms with Crippen molar-refractivity contribution in [1.29, 1.82) is 0 Å². The second kappa shape index (κ2) is 4.17. The van der Waals surface area contributed by atoms with Crippen molar-refractivity contribution in [2.75, 3.05) is 13.2 Å². The van der Waals surface area contributed by atoms with E-state index in [0.29, 0.717) is 26.0 Å². The lowest BCUT2D eigenvalue weighted by molar-refractivity contribution is -0.00324. The smallest absolute Gasteiger partial charge is 0.410 e. The Morgan fingerprint density at radius 1 is 1.64 bits per heavy atom. The summed E-state index contributed by atoms with van der Waals surface area (Å²) < 4.78 is 4.96. The summed E-state index contributed by atoms with van der Waals surface area (Å²) in [6.07, 6.45) is 0.689. The molecular weight excluding hydrogens is 182 g/mol. The van der Waals surface area contributed by atoms with Gasteiger partial charge in [-0.15, -0.1) is 0 Å². The second-order valence-corrected chi connectivity index (χ2v) is 4.31. The van der Waals surface area contributed by atoms with Crippen LogP contribution in [0.1, 0.15) is 33.6 Å². The summed E-state index contributed by atoms with van der Waals surface area (Å²) in [6.45, 7) is 6.67. The minimum absolute atomic E-state index is 0.274. The highest BCUT2D eigenvalue weighted by Crippen LogP contribution is 2.28. The first-order valence-electron chi connectivity index (χ1n) is 5.10. The zero-order chi connectivity index (χ0) is 10.8. The van der Waals surface area contributed by atoms with E-state index in [1.165, 1.54) is 0 Å². The Balaban J connectivity index is 2.64. The fourth-order valence-corrected chi connectivity index (χ4v) is 1.91. The van der Waals surface area contributed by atoms with E-state index in [4.69, 9.17) is 4.74 Å². The van der Waals surface area contributed by atoms with Crippen LogP contribution in [-0.4, -0.2) is 40.9 Å². The Labute approximate surface area is 84.8 Å². The van der Waals surface area contributed by atoms with Crippen LogP contribution in [0.15, 0.2) is 0 Å². The average molecular weight is 201 g/mol. The average Bonchev–Trinajstić information content (AvgIpc) is 2.01. The molecule has 0 spiro atoms. The van der Waals surface area contributed by atoms with Gasteiger partial charge in [0.1, 0.15) is 0 Å². The van der Waals surface area contributed by atoms with Crippen LogP contribution < -0.4 is 0 Å². The Morgan fingerprint density at radius 3 is 2.79 bits per heavy atom. The quantitative estimate of drug-likeness (QED) is 0.697. The van der Waals surface area contributed by atoms with E-state index < -0.39 is 0 Å². The largest absolute Gasteiger partial charge is 0.450 e. The van der Waals surface area contributed by atoms with Gasteiger partial charge in [0.25, 0.3) is 0 Å². The number of ether oxygens (including phenoxy) is 1. The molecule has 1 unspecified atom stereocenters.